The lowest BCUT2D eigenvalue weighted by Gasteiger charge is -2.12. The zero-order valence-electron chi connectivity index (χ0n) is 16.5. The van der Waals surface area contributed by atoms with E-state index in [1.165, 1.54) is 6.33 Å². The molecular formula is C22H25N5O2. The van der Waals surface area contributed by atoms with E-state index in [4.69, 9.17) is 0 Å². The minimum atomic E-state index is -0.257. The largest absolute Gasteiger partial charge is 0.323 e. The van der Waals surface area contributed by atoms with Crippen molar-refractivity contribution in [3.8, 4) is 11.1 Å². The van der Waals surface area contributed by atoms with Crippen LogP contribution in [0.15, 0.2) is 55.1 Å². The molecule has 0 spiro atoms. The Morgan fingerprint density at radius 1 is 1.10 bits per heavy atom. The lowest BCUT2D eigenvalue weighted by Crippen LogP contribution is -2.28. The molecule has 0 aliphatic rings. The normalized spacial score (nSPS) is 10.6. The van der Waals surface area contributed by atoms with Crippen LogP contribution in [0.5, 0.6) is 0 Å². The summed E-state index contributed by atoms with van der Waals surface area (Å²) in [7, 11) is 0. The number of nitrogens with zero attached hydrogens (tertiary/aromatic N) is 3. The Balaban J connectivity index is 0.00000320. The van der Waals surface area contributed by atoms with E-state index >= 15 is 0 Å². The van der Waals surface area contributed by atoms with E-state index in [0.29, 0.717) is 18.7 Å². The van der Waals surface area contributed by atoms with Crippen LogP contribution in [0.25, 0.3) is 11.1 Å². The van der Waals surface area contributed by atoms with Gasteiger partial charge in [-0.1, -0.05) is 36.8 Å². The molecule has 0 saturated heterocycles. The molecule has 7 nitrogen and oxygen atoms in total. The lowest BCUT2D eigenvalue weighted by molar-refractivity contribution is -0.115. The fourth-order valence-corrected chi connectivity index (χ4v) is 2.85. The van der Waals surface area contributed by atoms with Gasteiger partial charge in [0.15, 0.2) is 5.78 Å². The van der Waals surface area contributed by atoms with Gasteiger partial charge in [0.05, 0.1) is 17.9 Å². The second-order valence-corrected chi connectivity index (χ2v) is 6.62. The zero-order chi connectivity index (χ0) is 20.6. The highest BCUT2D eigenvalue weighted by Gasteiger charge is 2.15. The molecule has 1 aromatic carbocycles. The Bertz CT molecular complexity index is 1010. The van der Waals surface area contributed by atoms with Gasteiger partial charge in [0, 0.05) is 32.3 Å². The maximum absolute atomic E-state index is 12.4. The van der Waals surface area contributed by atoms with Crippen LogP contribution in [-0.2, 0) is 11.3 Å². The second-order valence-electron chi connectivity index (χ2n) is 6.62. The third kappa shape index (κ3) is 5.52. The van der Waals surface area contributed by atoms with Gasteiger partial charge in [0.2, 0.25) is 5.91 Å². The first-order valence-corrected chi connectivity index (χ1v) is 9.42. The van der Waals surface area contributed by atoms with E-state index in [-0.39, 0.29) is 25.4 Å². The summed E-state index contributed by atoms with van der Waals surface area (Å²) < 4.78 is 0. The molecule has 0 unspecified atom stereocenters. The summed E-state index contributed by atoms with van der Waals surface area (Å²) >= 11 is 0. The molecule has 1 amide bonds. The van der Waals surface area contributed by atoms with Gasteiger partial charge in [-0.15, -0.1) is 0 Å². The van der Waals surface area contributed by atoms with Crippen molar-refractivity contribution in [3.63, 3.8) is 0 Å². The molecular weight excluding hydrogens is 366 g/mol. The number of pyridine rings is 1. The minimum Gasteiger partial charge on any atom is -0.323 e. The van der Waals surface area contributed by atoms with Crippen molar-refractivity contribution in [1.82, 2.24) is 20.3 Å². The van der Waals surface area contributed by atoms with Gasteiger partial charge in [0.25, 0.3) is 0 Å². The molecule has 3 rings (SSSR count). The van der Waals surface area contributed by atoms with E-state index in [1.54, 1.807) is 31.5 Å². The number of rotatable bonds is 8. The Labute approximate surface area is 171 Å². The number of hydrogen-bond acceptors (Lipinski definition) is 6. The SMILES string of the molecule is CCC(=O)c1ncc(-c2cccc(C)c2)cc1NC(=O)CNCc1ccncn1.[HH]. The summed E-state index contributed by atoms with van der Waals surface area (Å²) in [5.41, 5.74) is 4.42. The number of aryl methyl sites for hydroxylation is 1. The van der Waals surface area contributed by atoms with Crippen LogP contribution < -0.4 is 10.6 Å². The molecule has 0 atom stereocenters. The summed E-state index contributed by atoms with van der Waals surface area (Å²) in [5.74, 6) is -0.377. The molecule has 150 valence electrons. The molecule has 0 saturated carbocycles. The highest BCUT2D eigenvalue weighted by Crippen LogP contribution is 2.25. The number of benzene rings is 1. The van der Waals surface area contributed by atoms with Crippen molar-refractivity contribution in [2.75, 3.05) is 11.9 Å². The number of Topliss-reactive ketones (excluding diaryl/α,β-unsaturated/α-hetero) is 1. The number of nitrogens with one attached hydrogen (secondary N) is 2. The molecule has 7 heteroatoms. The summed E-state index contributed by atoms with van der Waals surface area (Å²) in [5, 5.41) is 5.85. The summed E-state index contributed by atoms with van der Waals surface area (Å²) in [6, 6.07) is 11.6. The first-order valence-electron chi connectivity index (χ1n) is 9.42. The number of carbonyl (C=O) groups is 2. The quantitative estimate of drug-likeness (QED) is 0.571. The number of hydrogen-bond donors (Lipinski definition) is 2. The Morgan fingerprint density at radius 2 is 1.97 bits per heavy atom. The monoisotopic (exact) mass is 391 g/mol. The lowest BCUT2D eigenvalue weighted by atomic mass is 10.0. The minimum absolute atomic E-state index is 0. The summed E-state index contributed by atoms with van der Waals surface area (Å²) in [4.78, 5) is 37.0. The molecule has 0 bridgehead atoms. The van der Waals surface area contributed by atoms with Gasteiger partial charge in [-0.2, -0.15) is 0 Å². The number of anilines is 1. The van der Waals surface area contributed by atoms with Gasteiger partial charge < -0.3 is 10.6 Å². The van der Waals surface area contributed by atoms with E-state index in [2.05, 4.69) is 25.6 Å². The van der Waals surface area contributed by atoms with Crippen LogP contribution in [-0.4, -0.2) is 33.2 Å². The average Bonchev–Trinajstić information content (AvgIpc) is 2.74. The number of aromatic nitrogens is 3. The standard InChI is InChI=1S/C22H23N5O2.H2/c1-3-20(28)22-19(10-17(11-25-22)16-6-4-5-15(2)9-16)27-21(29)13-24-12-18-7-8-23-14-26-18;/h4-11,14,24H,3,12-13H2,1-2H3,(H,27,29);1H. The smallest absolute Gasteiger partial charge is 0.238 e. The molecule has 0 radical (unpaired) electrons. The molecule has 0 aliphatic carbocycles. The Kier molecular flexibility index (Phi) is 6.76. The topological polar surface area (TPSA) is 96.9 Å². The third-order valence-corrected chi connectivity index (χ3v) is 4.33. The fraction of sp³-hybridized carbons (Fsp3) is 0.227. The van der Waals surface area contributed by atoms with E-state index < -0.39 is 0 Å². The molecule has 29 heavy (non-hydrogen) atoms. The van der Waals surface area contributed by atoms with Crippen molar-refractivity contribution in [2.45, 2.75) is 26.8 Å². The highest BCUT2D eigenvalue weighted by atomic mass is 16.2. The van der Waals surface area contributed by atoms with Crippen LogP contribution in [0.1, 0.15) is 36.5 Å². The average molecular weight is 391 g/mol. The highest BCUT2D eigenvalue weighted by molar-refractivity contribution is 6.04. The molecule has 2 aromatic heterocycles. The zero-order valence-corrected chi connectivity index (χ0v) is 16.5. The van der Waals surface area contributed by atoms with E-state index in [1.807, 2.05) is 31.2 Å². The fourth-order valence-electron chi connectivity index (χ4n) is 2.85. The summed E-state index contributed by atoms with van der Waals surface area (Å²) in [6.07, 6.45) is 5.09. The van der Waals surface area contributed by atoms with Crippen molar-refractivity contribution in [1.29, 1.82) is 0 Å². The van der Waals surface area contributed by atoms with Crippen LogP contribution in [0.4, 0.5) is 5.69 Å². The second kappa shape index (κ2) is 9.66. The van der Waals surface area contributed by atoms with Gasteiger partial charge in [-0.05, 0) is 24.6 Å². The van der Waals surface area contributed by atoms with Gasteiger partial charge in [-0.25, -0.2) is 9.97 Å². The van der Waals surface area contributed by atoms with Crippen LogP contribution in [0.2, 0.25) is 0 Å². The first-order chi connectivity index (χ1) is 14.1. The van der Waals surface area contributed by atoms with Crippen molar-refractivity contribution >= 4 is 17.4 Å². The van der Waals surface area contributed by atoms with Crippen LogP contribution >= 0.6 is 0 Å². The molecule has 2 N–H and O–H groups in total. The molecule has 0 fully saturated rings. The predicted octanol–water partition coefficient (Wildman–Crippen LogP) is 3.41. The predicted molar refractivity (Wildman–Crippen MR) is 114 cm³/mol. The molecule has 2 heterocycles. The Morgan fingerprint density at radius 3 is 2.69 bits per heavy atom. The summed E-state index contributed by atoms with van der Waals surface area (Å²) in [6.45, 7) is 4.31. The van der Waals surface area contributed by atoms with Gasteiger partial charge in [-0.3, -0.25) is 14.6 Å². The van der Waals surface area contributed by atoms with Crippen LogP contribution in [0.3, 0.4) is 0 Å². The maximum atomic E-state index is 12.4. The van der Waals surface area contributed by atoms with Crippen molar-refractivity contribution in [3.05, 3.63) is 72.1 Å². The number of amides is 1. The number of ketones is 1. The molecule has 0 aliphatic heterocycles. The van der Waals surface area contributed by atoms with Crippen molar-refractivity contribution < 1.29 is 11.0 Å². The molecule has 3 aromatic rings. The van der Waals surface area contributed by atoms with Crippen molar-refractivity contribution in [2.24, 2.45) is 0 Å². The van der Waals surface area contributed by atoms with Gasteiger partial charge >= 0.3 is 0 Å². The maximum Gasteiger partial charge on any atom is 0.238 e. The number of carbonyl (C=O) groups excluding carboxylic acids is 2. The first kappa shape index (κ1) is 20.3. The van der Waals surface area contributed by atoms with Gasteiger partial charge in [0.1, 0.15) is 12.0 Å². The van der Waals surface area contributed by atoms with E-state index in [9.17, 15) is 9.59 Å². The Hall–Kier alpha value is -3.45. The van der Waals surface area contributed by atoms with Crippen LogP contribution in [0, 0.1) is 6.92 Å². The third-order valence-electron chi connectivity index (χ3n) is 4.33. The van der Waals surface area contributed by atoms with E-state index in [0.717, 1.165) is 22.4 Å².